The van der Waals surface area contributed by atoms with E-state index in [2.05, 4.69) is 21.6 Å². The van der Waals surface area contributed by atoms with Gasteiger partial charge < -0.3 is 20.3 Å². The van der Waals surface area contributed by atoms with Crippen molar-refractivity contribution < 1.29 is 19.2 Å². The van der Waals surface area contributed by atoms with Crippen molar-refractivity contribution in [2.24, 2.45) is 0 Å². The topological polar surface area (TPSA) is 95.6 Å². The Labute approximate surface area is 200 Å². The Kier molecular flexibility index (Phi) is 9.10. The van der Waals surface area contributed by atoms with Crippen LogP contribution in [0.1, 0.15) is 70.4 Å². The quantitative estimate of drug-likeness (QED) is 0.302. The van der Waals surface area contributed by atoms with Crippen LogP contribution in [0.25, 0.3) is 0 Å². The molecule has 2 aromatic rings. The molecule has 1 heterocycles. The molecule has 1 saturated heterocycles. The summed E-state index contributed by atoms with van der Waals surface area (Å²) in [5.74, 6) is 0.224. The average Bonchev–Trinajstić information content (AvgIpc) is 2.87. The molecule has 34 heavy (non-hydrogen) atoms. The van der Waals surface area contributed by atoms with E-state index < -0.39 is 0 Å². The van der Waals surface area contributed by atoms with Gasteiger partial charge in [0, 0.05) is 56.3 Å². The fraction of sp³-hybridized carbons (Fsp3) is 0.407. The number of nitrogens with one attached hydrogen (secondary N) is 2. The Morgan fingerprint density at radius 3 is 2.35 bits per heavy atom. The number of aldehydes is 1. The minimum atomic E-state index is -0.159. The number of piperidine rings is 1. The van der Waals surface area contributed by atoms with E-state index in [0.29, 0.717) is 18.0 Å². The lowest BCUT2D eigenvalue weighted by Gasteiger charge is -2.34. The first kappa shape index (κ1) is 25.3. The van der Waals surface area contributed by atoms with Crippen LogP contribution in [0.15, 0.2) is 42.5 Å². The first-order valence-electron chi connectivity index (χ1n) is 11.8. The van der Waals surface area contributed by atoms with Gasteiger partial charge in [-0.3, -0.25) is 14.4 Å². The normalized spacial score (nSPS) is 14.0. The lowest BCUT2D eigenvalue weighted by molar-refractivity contribution is -0.120. The zero-order chi connectivity index (χ0) is 24.5. The second-order valence-corrected chi connectivity index (χ2v) is 8.67. The predicted octanol–water partition coefficient (Wildman–Crippen LogP) is 3.27. The molecular weight excluding hydrogens is 430 g/mol. The highest BCUT2D eigenvalue weighted by atomic mass is 16.2. The molecule has 2 N–H and O–H groups in total. The van der Waals surface area contributed by atoms with Gasteiger partial charge >= 0.3 is 0 Å². The van der Waals surface area contributed by atoms with Crippen LogP contribution in [-0.4, -0.2) is 50.4 Å². The van der Waals surface area contributed by atoms with Crippen molar-refractivity contribution in [1.29, 1.82) is 0 Å². The number of anilines is 1. The number of Topliss-reactive ketones (excluding diaryl/α,β-unsaturated/α-hetero) is 2. The summed E-state index contributed by atoms with van der Waals surface area (Å²) in [6.45, 7) is 4.04. The molecule has 0 spiro atoms. The van der Waals surface area contributed by atoms with E-state index in [1.165, 1.54) is 5.56 Å². The van der Waals surface area contributed by atoms with Crippen molar-refractivity contribution in [3.05, 3.63) is 64.7 Å². The van der Waals surface area contributed by atoms with Gasteiger partial charge in [0.25, 0.3) is 0 Å². The smallest absolute Gasteiger partial charge is 0.220 e. The third-order valence-corrected chi connectivity index (χ3v) is 6.44. The van der Waals surface area contributed by atoms with E-state index in [1.54, 1.807) is 14.0 Å². The molecule has 1 aliphatic heterocycles. The van der Waals surface area contributed by atoms with Crippen LogP contribution < -0.4 is 15.5 Å². The van der Waals surface area contributed by atoms with Crippen molar-refractivity contribution in [1.82, 2.24) is 10.6 Å². The molecule has 7 heteroatoms. The molecule has 0 bridgehead atoms. The highest BCUT2D eigenvalue weighted by molar-refractivity contribution is 5.99. The van der Waals surface area contributed by atoms with Crippen LogP contribution in [0.5, 0.6) is 0 Å². The summed E-state index contributed by atoms with van der Waals surface area (Å²) in [6.07, 6.45) is 3.08. The molecule has 180 valence electrons. The van der Waals surface area contributed by atoms with E-state index in [0.717, 1.165) is 49.0 Å². The van der Waals surface area contributed by atoms with E-state index in [9.17, 15) is 19.2 Å². The number of hydrogen-bond donors (Lipinski definition) is 2. The summed E-state index contributed by atoms with van der Waals surface area (Å²) in [4.78, 5) is 48.9. The van der Waals surface area contributed by atoms with Gasteiger partial charge in [0.05, 0.1) is 6.54 Å². The third kappa shape index (κ3) is 6.60. The van der Waals surface area contributed by atoms with Gasteiger partial charge in [0.15, 0.2) is 11.6 Å². The molecule has 2 aromatic carbocycles. The Balaban J connectivity index is 1.69. The average molecular weight is 464 g/mol. The zero-order valence-corrected chi connectivity index (χ0v) is 19.9. The van der Waals surface area contributed by atoms with E-state index >= 15 is 0 Å². The van der Waals surface area contributed by atoms with Crippen LogP contribution >= 0.6 is 0 Å². The number of amides is 1. The van der Waals surface area contributed by atoms with E-state index in [4.69, 9.17) is 0 Å². The van der Waals surface area contributed by atoms with Gasteiger partial charge in [-0.1, -0.05) is 18.2 Å². The van der Waals surface area contributed by atoms with Crippen LogP contribution in [0.2, 0.25) is 0 Å². The maximum atomic E-state index is 12.8. The summed E-state index contributed by atoms with van der Waals surface area (Å²) in [7, 11) is 1.56. The van der Waals surface area contributed by atoms with Gasteiger partial charge in [0.2, 0.25) is 5.91 Å². The molecule has 0 radical (unpaired) electrons. The number of hydrogen-bond acceptors (Lipinski definition) is 6. The minimum Gasteiger partial charge on any atom is -0.371 e. The molecule has 1 amide bonds. The first-order valence-corrected chi connectivity index (χ1v) is 11.8. The Morgan fingerprint density at radius 2 is 1.74 bits per heavy atom. The number of nitrogens with zero attached hydrogens (tertiary/aromatic N) is 1. The van der Waals surface area contributed by atoms with Crippen LogP contribution in [-0.2, 0) is 16.1 Å². The van der Waals surface area contributed by atoms with Crippen molar-refractivity contribution in [2.45, 2.75) is 45.1 Å². The van der Waals surface area contributed by atoms with E-state index in [-0.39, 0.29) is 36.9 Å². The third-order valence-electron chi connectivity index (χ3n) is 6.44. The SMILES string of the molecule is CNC(=O)CCC(=O)c1ccc(C2CCN(c3ccc(C(C)=O)cc3)CC2)cc1CNCC=O. The number of ketones is 2. The van der Waals surface area contributed by atoms with Gasteiger partial charge in [-0.25, -0.2) is 0 Å². The fourth-order valence-electron chi connectivity index (χ4n) is 4.42. The number of carbonyl (C=O) groups is 4. The molecule has 0 unspecified atom stereocenters. The first-order chi connectivity index (χ1) is 16.4. The minimum absolute atomic E-state index is 0.0677. The summed E-state index contributed by atoms with van der Waals surface area (Å²) in [5, 5.41) is 5.60. The van der Waals surface area contributed by atoms with Crippen LogP contribution in [0, 0.1) is 0 Å². The lowest BCUT2D eigenvalue weighted by atomic mass is 9.86. The van der Waals surface area contributed by atoms with Gasteiger partial charge in [-0.05, 0) is 61.1 Å². The lowest BCUT2D eigenvalue weighted by Crippen LogP contribution is -2.33. The van der Waals surface area contributed by atoms with Crippen LogP contribution in [0.4, 0.5) is 5.69 Å². The second kappa shape index (κ2) is 12.2. The Morgan fingerprint density at radius 1 is 1.03 bits per heavy atom. The summed E-state index contributed by atoms with van der Waals surface area (Å²) in [5.41, 5.74) is 4.51. The molecule has 0 atom stereocenters. The van der Waals surface area contributed by atoms with Crippen molar-refractivity contribution in [3.63, 3.8) is 0 Å². The van der Waals surface area contributed by atoms with Gasteiger partial charge in [-0.2, -0.15) is 0 Å². The second-order valence-electron chi connectivity index (χ2n) is 8.67. The summed E-state index contributed by atoms with van der Waals surface area (Å²) < 4.78 is 0. The molecule has 3 rings (SSSR count). The van der Waals surface area contributed by atoms with Crippen molar-refractivity contribution in [2.75, 3.05) is 31.6 Å². The zero-order valence-electron chi connectivity index (χ0n) is 19.9. The molecule has 0 saturated carbocycles. The molecule has 1 aliphatic rings. The predicted molar refractivity (Wildman–Crippen MR) is 132 cm³/mol. The van der Waals surface area contributed by atoms with E-state index in [1.807, 2.05) is 36.4 Å². The molecule has 1 fully saturated rings. The fourth-order valence-corrected chi connectivity index (χ4v) is 4.42. The largest absolute Gasteiger partial charge is 0.371 e. The Bertz CT molecular complexity index is 1020. The monoisotopic (exact) mass is 463 g/mol. The highest BCUT2D eigenvalue weighted by Gasteiger charge is 2.23. The van der Waals surface area contributed by atoms with Gasteiger partial charge in [0.1, 0.15) is 6.29 Å². The molecule has 0 aromatic heterocycles. The molecule has 7 nitrogen and oxygen atoms in total. The highest BCUT2D eigenvalue weighted by Crippen LogP contribution is 2.32. The van der Waals surface area contributed by atoms with Crippen molar-refractivity contribution >= 4 is 29.4 Å². The summed E-state index contributed by atoms with van der Waals surface area (Å²) >= 11 is 0. The summed E-state index contributed by atoms with van der Waals surface area (Å²) in [6, 6.07) is 13.7. The Hall–Kier alpha value is -3.32. The number of carbonyl (C=O) groups excluding carboxylic acids is 4. The maximum absolute atomic E-state index is 12.8. The van der Waals surface area contributed by atoms with Gasteiger partial charge in [-0.15, -0.1) is 0 Å². The standard InChI is InChI=1S/C27H33N3O4/c1-19(32)20-3-6-24(7-4-20)30-14-11-21(12-15-30)22-5-8-25(23(17-22)18-29-13-16-31)26(33)9-10-27(34)28-2/h3-8,16-17,21,29H,9-15,18H2,1-2H3,(H,28,34). The number of benzene rings is 2. The molecular formula is C27H33N3O4. The maximum Gasteiger partial charge on any atom is 0.220 e. The number of rotatable bonds is 11. The van der Waals surface area contributed by atoms with Crippen LogP contribution in [0.3, 0.4) is 0 Å². The van der Waals surface area contributed by atoms with Crippen molar-refractivity contribution in [3.8, 4) is 0 Å². The molecule has 0 aliphatic carbocycles.